The highest BCUT2D eigenvalue weighted by atomic mass is 16.5. The first kappa shape index (κ1) is 13.6. The summed E-state index contributed by atoms with van der Waals surface area (Å²) in [5.74, 6) is 1.41. The molecule has 0 aliphatic carbocycles. The number of imidazole rings is 1. The first-order chi connectivity index (χ1) is 11.2. The molecule has 0 fully saturated rings. The number of rotatable bonds is 3. The van der Waals surface area contributed by atoms with E-state index in [1.807, 2.05) is 28.9 Å². The quantitative estimate of drug-likeness (QED) is 0.578. The van der Waals surface area contributed by atoms with Crippen LogP contribution in [0.2, 0.25) is 0 Å². The van der Waals surface area contributed by atoms with E-state index < -0.39 is 0 Å². The predicted octanol–water partition coefficient (Wildman–Crippen LogP) is 3.57. The van der Waals surface area contributed by atoms with Gasteiger partial charge in [0.05, 0.1) is 0 Å². The van der Waals surface area contributed by atoms with Gasteiger partial charge < -0.3 is 8.92 Å². The zero-order valence-electron chi connectivity index (χ0n) is 12.8. The van der Waals surface area contributed by atoms with Crippen LogP contribution >= 0.6 is 0 Å². The van der Waals surface area contributed by atoms with Crippen molar-refractivity contribution in [1.82, 2.24) is 24.5 Å². The first-order valence-corrected chi connectivity index (χ1v) is 7.44. The van der Waals surface area contributed by atoms with Crippen LogP contribution in [0.4, 0.5) is 0 Å². The van der Waals surface area contributed by atoms with E-state index in [0.29, 0.717) is 29.0 Å². The third kappa shape index (κ3) is 2.38. The van der Waals surface area contributed by atoms with Crippen molar-refractivity contribution in [1.29, 1.82) is 0 Å². The molecule has 3 heterocycles. The topological polar surface area (TPSA) is 69.1 Å². The van der Waals surface area contributed by atoms with Gasteiger partial charge in [0, 0.05) is 30.4 Å². The van der Waals surface area contributed by atoms with Gasteiger partial charge in [0.25, 0.3) is 5.89 Å². The van der Waals surface area contributed by atoms with Gasteiger partial charge in [0.2, 0.25) is 5.82 Å². The van der Waals surface area contributed by atoms with Crippen LogP contribution in [0.5, 0.6) is 0 Å². The Kier molecular flexibility index (Phi) is 3.15. The Labute approximate surface area is 132 Å². The summed E-state index contributed by atoms with van der Waals surface area (Å²) in [7, 11) is 0. The number of aromatic nitrogens is 5. The van der Waals surface area contributed by atoms with Gasteiger partial charge in [-0.1, -0.05) is 43.3 Å². The molecule has 0 saturated carbocycles. The highest BCUT2D eigenvalue weighted by Gasteiger charge is 2.15. The first-order valence-electron chi connectivity index (χ1n) is 7.44. The minimum absolute atomic E-state index is 0.365. The molecule has 0 amide bonds. The van der Waals surface area contributed by atoms with Gasteiger partial charge in [-0.25, -0.2) is 9.97 Å². The fourth-order valence-electron chi connectivity index (χ4n) is 2.46. The molecule has 3 aromatic heterocycles. The van der Waals surface area contributed by atoms with Crippen molar-refractivity contribution in [2.75, 3.05) is 0 Å². The molecule has 0 atom stereocenters. The van der Waals surface area contributed by atoms with Crippen molar-refractivity contribution in [3.05, 3.63) is 54.6 Å². The molecular formula is C17H15N5O. The molecule has 6 nitrogen and oxygen atoms in total. The molecule has 0 unspecified atom stereocenters. The van der Waals surface area contributed by atoms with E-state index in [0.717, 1.165) is 5.56 Å². The summed E-state index contributed by atoms with van der Waals surface area (Å²) in [5, 5.41) is 4.07. The SMILES string of the molecule is CC(C)c1ccc(-c2noc(-c3nccn4ccnc34)n2)cc1. The monoisotopic (exact) mass is 305 g/mol. The van der Waals surface area contributed by atoms with Gasteiger partial charge in [-0.3, -0.25) is 0 Å². The van der Waals surface area contributed by atoms with Crippen LogP contribution in [0.3, 0.4) is 0 Å². The molecule has 23 heavy (non-hydrogen) atoms. The number of hydrogen-bond donors (Lipinski definition) is 0. The Balaban J connectivity index is 1.73. The Morgan fingerprint density at radius 2 is 1.74 bits per heavy atom. The molecule has 6 heteroatoms. The second kappa shape index (κ2) is 5.31. The van der Waals surface area contributed by atoms with Crippen LogP contribution in [-0.4, -0.2) is 24.5 Å². The van der Waals surface area contributed by atoms with Crippen molar-refractivity contribution in [3.8, 4) is 23.0 Å². The predicted molar refractivity (Wildman–Crippen MR) is 85.8 cm³/mol. The lowest BCUT2D eigenvalue weighted by molar-refractivity contribution is 0.431. The van der Waals surface area contributed by atoms with Crippen LogP contribution < -0.4 is 0 Å². The average Bonchev–Trinajstić information content (AvgIpc) is 3.24. The van der Waals surface area contributed by atoms with Gasteiger partial charge in [0.15, 0.2) is 11.3 Å². The maximum Gasteiger partial charge on any atom is 0.280 e. The Hall–Kier alpha value is -3.02. The molecule has 0 aliphatic rings. The summed E-state index contributed by atoms with van der Waals surface area (Å²) in [6.07, 6.45) is 7.07. The number of nitrogens with zero attached hydrogens (tertiary/aromatic N) is 5. The standard InChI is InChI=1S/C17H15N5O/c1-11(2)12-3-5-13(6-4-12)15-20-17(23-21-15)14-16-19-8-10-22(16)9-7-18-14/h3-11H,1-2H3. The highest BCUT2D eigenvalue weighted by molar-refractivity contribution is 5.68. The molecule has 4 rings (SSSR count). The van der Waals surface area contributed by atoms with Crippen LogP contribution in [0.15, 0.2) is 53.6 Å². The second-order valence-corrected chi connectivity index (χ2v) is 5.63. The Bertz CT molecular complexity index is 952. The minimum Gasteiger partial charge on any atom is -0.332 e. The molecule has 1 aromatic carbocycles. The zero-order valence-corrected chi connectivity index (χ0v) is 12.8. The van der Waals surface area contributed by atoms with E-state index in [4.69, 9.17) is 4.52 Å². The molecule has 4 aromatic rings. The van der Waals surface area contributed by atoms with Crippen molar-refractivity contribution in [2.24, 2.45) is 0 Å². The second-order valence-electron chi connectivity index (χ2n) is 5.63. The van der Waals surface area contributed by atoms with Crippen LogP contribution in [0.1, 0.15) is 25.3 Å². The Morgan fingerprint density at radius 1 is 1.00 bits per heavy atom. The lowest BCUT2D eigenvalue weighted by Crippen LogP contribution is -1.91. The third-order valence-electron chi connectivity index (χ3n) is 3.78. The largest absolute Gasteiger partial charge is 0.332 e. The molecule has 0 aliphatic heterocycles. The van der Waals surface area contributed by atoms with Crippen LogP contribution in [0.25, 0.3) is 28.6 Å². The van der Waals surface area contributed by atoms with Gasteiger partial charge in [-0.15, -0.1) is 0 Å². The summed E-state index contributed by atoms with van der Waals surface area (Å²) < 4.78 is 7.25. The molecular weight excluding hydrogens is 290 g/mol. The molecule has 0 radical (unpaired) electrons. The zero-order chi connectivity index (χ0) is 15.8. The fourth-order valence-corrected chi connectivity index (χ4v) is 2.46. The maximum absolute atomic E-state index is 5.38. The smallest absolute Gasteiger partial charge is 0.280 e. The van der Waals surface area contributed by atoms with E-state index in [9.17, 15) is 0 Å². The van der Waals surface area contributed by atoms with E-state index in [2.05, 4.69) is 46.1 Å². The van der Waals surface area contributed by atoms with Gasteiger partial charge in [-0.2, -0.15) is 4.98 Å². The molecule has 0 bridgehead atoms. The summed E-state index contributed by atoms with van der Waals surface area (Å²) in [6, 6.07) is 8.19. The van der Waals surface area contributed by atoms with Gasteiger partial charge in [-0.05, 0) is 11.5 Å². The molecule has 114 valence electrons. The van der Waals surface area contributed by atoms with Gasteiger partial charge in [0.1, 0.15) is 0 Å². The van der Waals surface area contributed by atoms with E-state index in [1.165, 1.54) is 5.56 Å². The highest BCUT2D eigenvalue weighted by Crippen LogP contribution is 2.24. The average molecular weight is 305 g/mol. The lowest BCUT2D eigenvalue weighted by Gasteiger charge is -2.04. The van der Waals surface area contributed by atoms with Crippen molar-refractivity contribution in [2.45, 2.75) is 19.8 Å². The van der Waals surface area contributed by atoms with Crippen LogP contribution in [-0.2, 0) is 0 Å². The summed E-state index contributed by atoms with van der Waals surface area (Å²) in [6.45, 7) is 4.33. The lowest BCUT2D eigenvalue weighted by atomic mass is 10.0. The van der Waals surface area contributed by atoms with Crippen molar-refractivity contribution < 1.29 is 4.52 Å². The summed E-state index contributed by atoms with van der Waals surface area (Å²) >= 11 is 0. The number of benzene rings is 1. The summed E-state index contributed by atoms with van der Waals surface area (Å²) in [5.41, 5.74) is 3.47. The van der Waals surface area contributed by atoms with Gasteiger partial charge >= 0.3 is 0 Å². The maximum atomic E-state index is 5.38. The van der Waals surface area contributed by atoms with Crippen molar-refractivity contribution in [3.63, 3.8) is 0 Å². The minimum atomic E-state index is 0.365. The van der Waals surface area contributed by atoms with Crippen LogP contribution in [0, 0.1) is 0 Å². The molecule has 0 saturated heterocycles. The van der Waals surface area contributed by atoms with E-state index >= 15 is 0 Å². The normalized spacial score (nSPS) is 11.4. The third-order valence-corrected chi connectivity index (χ3v) is 3.78. The van der Waals surface area contributed by atoms with Crippen molar-refractivity contribution >= 4 is 5.65 Å². The van der Waals surface area contributed by atoms with E-state index in [-0.39, 0.29) is 0 Å². The number of hydrogen-bond acceptors (Lipinski definition) is 5. The Morgan fingerprint density at radius 3 is 2.48 bits per heavy atom. The molecule has 0 N–H and O–H groups in total. The fraction of sp³-hybridized carbons (Fsp3) is 0.176. The summed E-state index contributed by atoms with van der Waals surface area (Å²) in [4.78, 5) is 13.1. The van der Waals surface area contributed by atoms with E-state index in [1.54, 1.807) is 12.4 Å². The molecule has 0 spiro atoms. The number of fused-ring (bicyclic) bond motifs is 1.